The Kier molecular flexibility index (Phi) is 4.41. The van der Waals surface area contributed by atoms with E-state index >= 15 is 0 Å². The van der Waals surface area contributed by atoms with Gasteiger partial charge in [-0.05, 0) is 12.3 Å². The first-order valence-electron chi connectivity index (χ1n) is 7.23. The lowest BCUT2D eigenvalue weighted by atomic mass is 9.96. The quantitative estimate of drug-likeness (QED) is 0.925. The number of nitrogens with zero attached hydrogens (tertiary/aromatic N) is 4. The number of carbonyl (C=O) groups excluding carboxylic acids is 1. The highest BCUT2D eigenvalue weighted by Crippen LogP contribution is 2.31. The number of halogens is 3. The molecule has 0 spiro atoms. The van der Waals surface area contributed by atoms with Crippen molar-refractivity contribution in [2.75, 3.05) is 24.6 Å². The van der Waals surface area contributed by atoms with Gasteiger partial charge in [-0.25, -0.2) is 19.8 Å². The number of anilines is 1. The Morgan fingerprint density at radius 3 is 2.43 bits per heavy atom. The van der Waals surface area contributed by atoms with E-state index in [-0.39, 0.29) is 23.1 Å². The van der Waals surface area contributed by atoms with Gasteiger partial charge in [-0.1, -0.05) is 20.8 Å². The first-order valence-corrected chi connectivity index (χ1v) is 7.23. The summed E-state index contributed by atoms with van der Waals surface area (Å²) in [6.07, 6.45) is -4.57. The zero-order valence-corrected chi connectivity index (χ0v) is 13.5. The lowest BCUT2D eigenvalue weighted by Crippen LogP contribution is -2.49. The largest absolute Gasteiger partial charge is 0.433 e. The van der Waals surface area contributed by atoms with Crippen LogP contribution in [-0.2, 0) is 6.18 Å². The fraction of sp³-hybridized carbons (Fsp3) is 0.643. The summed E-state index contributed by atoms with van der Waals surface area (Å²) in [5.41, 5.74) is -1.27. The normalized spacial score (nSPS) is 15.8. The van der Waals surface area contributed by atoms with Gasteiger partial charge >= 0.3 is 12.2 Å². The van der Waals surface area contributed by atoms with E-state index in [0.717, 1.165) is 6.07 Å². The van der Waals surface area contributed by atoms with Crippen LogP contribution in [0.4, 0.5) is 23.8 Å². The maximum absolute atomic E-state index is 13.0. The molecule has 0 unspecified atom stereocenters. The molecule has 0 bridgehead atoms. The number of carbonyl (C=O) groups is 1. The lowest BCUT2D eigenvalue weighted by molar-refractivity contribution is -0.141. The maximum Gasteiger partial charge on any atom is 0.433 e. The molecule has 0 radical (unpaired) electrons. The van der Waals surface area contributed by atoms with Crippen LogP contribution in [0.25, 0.3) is 0 Å². The molecule has 2 heterocycles. The molecule has 1 N–H and O–H groups in total. The zero-order valence-electron chi connectivity index (χ0n) is 13.5. The van der Waals surface area contributed by atoms with Gasteiger partial charge in [0.2, 0.25) is 0 Å². The molecule has 128 valence electrons. The van der Waals surface area contributed by atoms with Crippen LogP contribution in [0.1, 0.15) is 32.3 Å². The van der Waals surface area contributed by atoms with Crippen molar-refractivity contribution in [3.63, 3.8) is 0 Å². The fourth-order valence-electron chi connectivity index (χ4n) is 2.26. The van der Waals surface area contributed by atoms with Crippen LogP contribution in [-0.4, -0.2) is 40.6 Å². The van der Waals surface area contributed by atoms with Crippen LogP contribution in [0, 0.1) is 12.3 Å². The number of rotatable bonds is 3. The predicted molar refractivity (Wildman–Crippen MR) is 78.7 cm³/mol. The summed E-state index contributed by atoms with van der Waals surface area (Å²) in [4.78, 5) is 19.5. The molecule has 6 nitrogen and oxygen atoms in total. The first-order chi connectivity index (χ1) is 10.5. The van der Waals surface area contributed by atoms with Gasteiger partial charge in [0, 0.05) is 19.2 Å². The molecular formula is C14H20F3N5O. The number of nitrogens with one attached hydrogen (secondary N) is 1. The highest BCUT2D eigenvalue weighted by molar-refractivity contribution is 5.78. The molecular weight excluding hydrogens is 311 g/mol. The van der Waals surface area contributed by atoms with Gasteiger partial charge in [0.25, 0.3) is 0 Å². The van der Waals surface area contributed by atoms with Gasteiger partial charge < -0.3 is 5.32 Å². The van der Waals surface area contributed by atoms with Crippen molar-refractivity contribution in [3.8, 4) is 0 Å². The molecule has 1 saturated heterocycles. The van der Waals surface area contributed by atoms with E-state index < -0.39 is 11.9 Å². The Balaban J connectivity index is 2.46. The Labute approximate surface area is 132 Å². The summed E-state index contributed by atoms with van der Waals surface area (Å²) in [5, 5.41) is 5.52. The molecule has 9 heteroatoms. The van der Waals surface area contributed by atoms with Crippen molar-refractivity contribution in [1.29, 1.82) is 0 Å². The smallest absolute Gasteiger partial charge is 0.335 e. The van der Waals surface area contributed by atoms with Crippen molar-refractivity contribution in [2.45, 2.75) is 33.9 Å². The van der Waals surface area contributed by atoms with E-state index in [9.17, 15) is 18.0 Å². The van der Waals surface area contributed by atoms with Gasteiger partial charge in [-0.15, -0.1) is 0 Å². The average molecular weight is 331 g/mol. The fourth-order valence-corrected chi connectivity index (χ4v) is 2.26. The Hall–Kier alpha value is -2.06. The van der Waals surface area contributed by atoms with Crippen LogP contribution in [0.15, 0.2) is 6.07 Å². The number of aryl methyl sites for hydroxylation is 1. The summed E-state index contributed by atoms with van der Waals surface area (Å²) >= 11 is 0. The van der Waals surface area contributed by atoms with Gasteiger partial charge in [0.15, 0.2) is 5.82 Å². The van der Waals surface area contributed by atoms with Gasteiger partial charge in [-0.3, -0.25) is 5.01 Å². The summed E-state index contributed by atoms with van der Waals surface area (Å²) in [7, 11) is 0. The second-order valence-electron chi connectivity index (χ2n) is 6.63. The lowest BCUT2D eigenvalue weighted by Gasteiger charge is -2.36. The summed E-state index contributed by atoms with van der Waals surface area (Å²) < 4.78 is 39.0. The number of urea groups is 1. The molecule has 0 aliphatic carbocycles. The van der Waals surface area contributed by atoms with E-state index in [0.29, 0.717) is 19.6 Å². The third-order valence-electron chi connectivity index (χ3n) is 3.13. The Morgan fingerprint density at radius 2 is 1.96 bits per heavy atom. The molecule has 1 fully saturated rings. The average Bonchev–Trinajstić information content (AvgIpc) is 2.79. The minimum Gasteiger partial charge on any atom is -0.335 e. The molecule has 23 heavy (non-hydrogen) atoms. The third-order valence-corrected chi connectivity index (χ3v) is 3.13. The summed E-state index contributed by atoms with van der Waals surface area (Å²) in [6, 6.07) is 0.531. The van der Waals surface area contributed by atoms with E-state index in [2.05, 4.69) is 15.3 Å². The van der Waals surface area contributed by atoms with Crippen molar-refractivity contribution in [2.24, 2.45) is 5.41 Å². The number of hydrogen-bond acceptors (Lipinski definition) is 4. The molecule has 1 aliphatic heterocycles. The van der Waals surface area contributed by atoms with Crippen molar-refractivity contribution >= 4 is 11.8 Å². The van der Waals surface area contributed by atoms with Crippen LogP contribution in [0.2, 0.25) is 0 Å². The molecule has 1 aromatic rings. The highest BCUT2D eigenvalue weighted by atomic mass is 19.4. The second-order valence-corrected chi connectivity index (χ2v) is 6.63. The minimum atomic E-state index is -4.57. The maximum atomic E-state index is 13.0. The van der Waals surface area contributed by atoms with E-state index in [1.54, 1.807) is 0 Å². The number of alkyl halides is 3. The topological polar surface area (TPSA) is 61.4 Å². The van der Waals surface area contributed by atoms with Crippen molar-refractivity contribution < 1.29 is 18.0 Å². The van der Waals surface area contributed by atoms with E-state index in [1.165, 1.54) is 16.9 Å². The number of hydrogen-bond donors (Lipinski definition) is 1. The number of aromatic nitrogens is 2. The molecule has 1 aliphatic rings. The molecule has 2 amide bonds. The van der Waals surface area contributed by atoms with Crippen LogP contribution in [0.3, 0.4) is 0 Å². The van der Waals surface area contributed by atoms with E-state index in [4.69, 9.17) is 0 Å². The minimum absolute atomic E-state index is 0.00772. The van der Waals surface area contributed by atoms with Crippen molar-refractivity contribution in [1.82, 2.24) is 20.3 Å². The van der Waals surface area contributed by atoms with Gasteiger partial charge in [0.1, 0.15) is 11.5 Å². The number of hydrazine groups is 1. The number of amides is 2. The molecule has 0 atom stereocenters. The van der Waals surface area contributed by atoms with Crippen LogP contribution < -0.4 is 10.3 Å². The Morgan fingerprint density at radius 1 is 1.30 bits per heavy atom. The van der Waals surface area contributed by atoms with Gasteiger partial charge in [0.05, 0.1) is 6.54 Å². The van der Waals surface area contributed by atoms with E-state index in [1.807, 2.05) is 20.8 Å². The monoisotopic (exact) mass is 331 g/mol. The third kappa shape index (κ3) is 4.23. The summed E-state index contributed by atoms with van der Waals surface area (Å²) in [6.45, 7) is 8.37. The highest BCUT2D eigenvalue weighted by Gasteiger charge is 2.36. The van der Waals surface area contributed by atoms with Gasteiger partial charge in [-0.2, -0.15) is 13.2 Å². The molecule has 2 rings (SSSR count). The SMILES string of the molecule is Cc1nc(N(CC(C)(C)C)N2CCNC2=O)cc(C(F)(F)F)n1. The van der Waals surface area contributed by atoms with Crippen molar-refractivity contribution in [3.05, 3.63) is 17.6 Å². The standard InChI is InChI=1S/C14H20F3N5O/c1-9-19-10(14(15,16)17)7-11(20-9)22(8-13(2,3)4)21-6-5-18-12(21)23/h7H,5-6,8H2,1-4H3,(H,18,23). The molecule has 1 aromatic heterocycles. The van der Waals surface area contributed by atoms with Crippen LogP contribution >= 0.6 is 0 Å². The molecule has 0 saturated carbocycles. The summed E-state index contributed by atoms with van der Waals surface area (Å²) in [5.74, 6) is 0.0742. The van der Waals surface area contributed by atoms with Crippen LogP contribution in [0.5, 0.6) is 0 Å². The first kappa shape index (κ1) is 17.3. The zero-order chi connectivity index (χ0) is 17.4. The predicted octanol–water partition coefficient (Wildman–Crippen LogP) is 2.60. The Bertz CT molecular complexity index is 597. The second kappa shape index (κ2) is 5.86. The molecule has 0 aromatic carbocycles.